The van der Waals surface area contributed by atoms with E-state index in [4.69, 9.17) is 33.9 Å². The number of rotatable bonds is 8. The van der Waals surface area contributed by atoms with Crippen LogP contribution < -0.4 is 21.3 Å². The summed E-state index contributed by atoms with van der Waals surface area (Å²) >= 11 is 11.2. The van der Waals surface area contributed by atoms with Gasteiger partial charge in [-0.3, -0.25) is 0 Å². The molecule has 216 valence electrons. The van der Waals surface area contributed by atoms with Gasteiger partial charge in [0, 0.05) is 43.1 Å². The molecule has 3 fully saturated rings. The Bertz CT molecular complexity index is 1100. The number of anilines is 2. The molecule has 1 saturated carbocycles. The molecule has 8 heteroatoms. The summed E-state index contributed by atoms with van der Waals surface area (Å²) in [7, 11) is 0. The Morgan fingerprint density at radius 3 is 1.60 bits per heavy atom. The lowest BCUT2D eigenvalue weighted by Crippen LogP contribution is -2.35. The van der Waals surface area contributed by atoms with Crippen molar-refractivity contribution in [2.24, 2.45) is 0 Å². The van der Waals surface area contributed by atoms with E-state index in [2.05, 4.69) is 71.5 Å². The van der Waals surface area contributed by atoms with Gasteiger partial charge in [0.1, 0.15) is 0 Å². The van der Waals surface area contributed by atoms with E-state index in [9.17, 15) is 0 Å². The molecular formula is C32H44N4O2S2. The largest absolute Gasteiger partial charge is 0.376 e. The highest BCUT2D eigenvalue weighted by Gasteiger charge is 2.36. The van der Waals surface area contributed by atoms with Crippen LogP contribution in [0.25, 0.3) is 0 Å². The summed E-state index contributed by atoms with van der Waals surface area (Å²) in [6, 6.07) is 13.7. The maximum absolute atomic E-state index is 5.71. The number of thiocarbonyl (C=S) groups is 2. The number of ether oxygens (including phenoxy) is 2. The molecule has 2 saturated heterocycles. The van der Waals surface area contributed by atoms with Gasteiger partial charge < -0.3 is 30.7 Å². The third-order valence-electron chi connectivity index (χ3n) is 8.79. The van der Waals surface area contributed by atoms with Crippen LogP contribution in [-0.4, -0.2) is 48.7 Å². The standard InChI is InChI=1S/C32H44N4O2S2/c1-22-18-24(10-12-28(22)35-30(39)33-20-26-8-6-16-37-26)32(14-4-3-5-15-32)25-11-13-29(23(2)19-25)36-31(40)34-21-27-9-7-17-38-27/h10-13,18-19,26-27H,3-9,14-17,20-21H2,1-2H3,(H2,33,35,39)(H2,34,36,40)/t26-,27-/m0/s1. The highest BCUT2D eigenvalue weighted by Crippen LogP contribution is 2.46. The Morgan fingerprint density at radius 2 is 1.20 bits per heavy atom. The molecular weight excluding hydrogens is 537 g/mol. The second kappa shape index (κ2) is 13.6. The molecule has 2 aromatic carbocycles. The fourth-order valence-corrected chi connectivity index (χ4v) is 6.85. The van der Waals surface area contributed by atoms with Crippen molar-refractivity contribution < 1.29 is 9.47 Å². The summed E-state index contributed by atoms with van der Waals surface area (Å²) in [5.74, 6) is 0. The second-order valence-electron chi connectivity index (χ2n) is 11.6. The summed E-state index contributed by atoms with van der Waals surface area (Å²) in [6.07, 6.45) is 11.1. The van der Waals surface area contributed by atoms with Crippen molar-refractivity contribution in [1.82, 2.24) is 10.6 Å². The molecule has 3 aliphatic rings. The lowest BCUT2D eigenvalue weighted by molar-refractivity contribution is 0.114. The minimum Gasteiger partial charge on any atom is -0.376 e. The van der Waals surface area contributed by atoms with Crippen LogP contribution in [0.15, 0.2) is 36.4 Å². The van der Waals surface area contributed by atoms with Crippen molar-refractivity contribution in [3.05, 3.63) is 58.7 Å². The predicted octanol–water partition coefficient (Wildman–Crippen LogP) is 6.48. The highest BCUT2D eigenvalue weighted by atomic mass is 32.1. The Labute approximate surface area is 250 Å². The quantitative estimate of drug-likeness (QED) is 0.265. The Morgan fingerprint density at radius 1 is 0.725 bits per heavy atom. The van der Waals surface area contributed by atoms with Crippen LogP contribution in [0.3, 0.4) is 0 Å². The Kier molecular flexibility index (Phi) is 9.94. The Balaban J connectivity index is 1.28. The predicted molar refractivity (Wildman–Crippen MR) is 173 cm³/mol. The van der Waals surface area contributed by atoms with Crippen molar-refractivity contribution in [3.63, 3.8) is 0 Å². The molecule has 6 nitrogen and oxygen atoms in total. The third-order valence-corrected chi connectivity index (χ3v) is 9.28. The van der Waals surface area contributed by atoms with E-state index in [1.165, 1.54) is 41.5 Å². The molecule has 0 radical (unpaired) electrons. The van der Waals surface area contributed by atoms with Crippen LogP contribution in [0.2, 0.25) is 0 Å². The van der Waals surface area contributed by atoms with Crippen molar-refractivity contribution in [2.75, 3.05) is 36.9 Å². The lowest BCUT2D eigenvalue weighted by Gasteiger charge is -2.39. The zero-order chi connectivity index (χ0) is 28.0. The van der Waals surface area contributed by atoms with Gasteiger partial charge in [0.15, 0.2) is 10.2 Å². The van der Waals surface area contributed by atoms with Gasteiger partial charge in [-0.05, 0) is 111 Å². The number of aryl methyl sites for hydroxylation is 2. The first kappa shape index (κ1) is 29.2. The van der Waals surface area contributed by atoms with Crippen LogP contribution in [0.1, 0.15) is 80.0 Å². The molecule has 0 bridgehead atoms. The first-order chi connectivity index (χ1) is 19.4. The van der Waals surface area contributed by atoms with Crippen molar-refractivity contribution >= 4 is 46.0 Å². The Hall–Kier alpha value is -2.26. The average Bonchev–Trinajstić information content (AvgIpc) is 3.68. The van der Waals surface area contributed by atoms with Gasteiger partial charge in [0.05, 0.1) is 12.2 Å². The summed E-state index contributed by atoms with van der Waals surface area (Å²) in [4.78, 5) is 0. The van der Waals surface area contributed by atoms with E-state index in [-0.39, 0.29) is 17.6 Å². The molecule has 2 atom stereocenters. The van der Waals surface area contributed by atoms with Crippen LogP contribution in [0.5, 0.6) is 0 Å². The molecule has 0 aromatic heterocycles. The maximum atomic E-state index is 5.71. The average molecular weight is 581 g/mol. The summed E-state index contributed by atoms with van der Waals surface area (Å²) in [5, 5.41) is 14.8. The van der Waals surface area contributed by atoms with Gasteiger partial charge in [0.2, 0.25) is 0 Å². The van der Waals surface area contributed by atoms with Crippen LogP contribution in [0.4, 0.5) is 11.4 Å². The van der Waals surface area contributed by atoms with Gasteiger partial charge in [-0.2, -0.15) is 0 Å². The molecule has 40 heavy (non-hydrogen) atoms. The number of hydrogen-bond acceptors (Lipinski definition) is 4. The fraction of sp³-hybridized carbons (Fsp3) is 0.562. The van der Waals surface area contributed by atoms with E-state index >= 15 is 0 Å². The molecule has 5 rings (SSSR count). The van der Waals surface area contributed by atoms with E-state index in [0.29, 0.717) is 10.2 Å². The zero-order valence-electron chi connectivity index (χ0n) is 23.9. The maximum Gasteiger partial charge on any atom is 0.170 e. The molecule has 0 unspecified atom stereocenters. The molecule has 4 N–H and O–H groups in total. The van der Waals surface area contributed by atoms with Crippen molar-refractivity contribution in [3.8, 4) is 0 Å². The first-order valence-electron chi connectivity index (χ1n) is 15.0. The highest BCUT2D eigenvalue weighted by molar-refractivity contribution is 7.80. The fourth-order valence-electron chi connectivity index (χ4n) is 6.46. The van der Waals surface area contributed by atoms with Crippen LogP contribution >= 0.6 is 24.4 Å². The monoisotopic (exact) mass is 580 g/mol. The second-order valence-corrected chi connectivity index (χ2v) is 12.5. The summed E-state index contributed by atoms with van der Waals surface area (Å²) in [5.41, 5.74) is 7.33. The van der Waals surface area contributed by atoms with Gasteiger partial charge in [-0.25, -0.2) is 0 Å². The van der Waals surface area contributed by atoms with Gasteiger partial charge in [0.25, 0.3) is 0 Å². The zero-order valence-corrected chi connectivity index (χ0v) is 25.6. The lowest BCUT2D eigenvalue weighted by atomic mass is 9.65. The molecule has 1 aliphatic carbocycles. The molecule has 0 amide bonds. The first-order valence-corrected chi connectivity index (χ1v) is 15.8. The van der Waals surface area contributed by atoms with Gasteiger partial charge in [-0.1, -0.05) is 43.5 Å². The molecule has 0 spiro atoms. The number of benzene rings is 2. The normalized spacial score (nSPS) is 22.1. The van der Waals surface area contributed by atoms with E-state index in [0.717, 1.165) is 76.2 Å². The van der Waals surface area contributed by atoms with Gasteiger partial charge >= 0.3 is 0 Å². The topological polar surface area (TPSA) is 66.6 Å². The number of nitrogens with one attached hydrogen (secondary N) is 4. The minimum atomic E-state index is 0.0158. The van der Waals surface area contributed by atoms with E-state index in [1.54, 1.807) is 0 Å². The molecule has 2 aliphatic heterocycles. The molecule has 2 aromatic rings. The van der Waals surface area contributed by atoms with E-state index < -0.39 is 0 Å². The van der Waals surface area contributed by atoms with Crippen LogP contribution in [-0.2, 0) is 14.9 Å². The summed E-state index contributed by atoms with van der Waals surface area (Å²) < 4.78 is 11.4. The number of hydrogen-bond donors (Lipinski definition) is 4. The van der Waals surface area contributed by atoms with E-state index in [1.807, 2.05) is 0 Å². The van der Waals surface area contributed by atoms with Crippen LogP contribution in [0, 0.1) is 13.8 Å². The summed E-state index contributed by atoms with van der Waals surface area (Å²) in [6.45, 7) is 7.57. The van der Waals surface area contributed by atoms with Crippen molar-refractivity contribution in [2.45, 2.75) is 89.3 Å². The van der Waals surface area contributed by atoms with Gasteiger partial charge in [-0.15, -0.1) is 0 Å². The SMILES string of the molecule is Cc1cc(C2(c3ccc(NC(=S)NC[C@@H]4CCCO4)c(C)c3)CCCCC2)ccc1NC(=S)NC[C@@H]1CCCO1. The third kappa shape index (κ3) is 7.14. The minimum absolute atomic E-state index is 0.0158. The molecule has 2 heterocycles. The van der Waals surface area contributed by atoms with Crippen molar-refractivity contribution in [1.29, 1.82) is 0 Å². The smallest absolute Gasteiger partial charge is 0.170 e.